The van der Waals surface area contributed by atoms with Gasteiger partial charge in [-0.3, -0.25) is 4.79 Å². The van der Waals surface area contributed by atoms with E-state index in [4.69, 9.17) is 47.4 Å². The van der Waals surface area contributed by atoms with Crippen molar-refractivity contribution in [2.24, 2.45) is 5.11 Å². The second kappa shape index (κ2) is 28.9. The van der Waals surface area contributed by atoms with E-state index in [1.54, 1.807) is 0 Å². The van der Waals surface area contributed by atoms with Crippen LogP contribution in [0.4, 0.5) is 0 Å². The fraction of sp³-hybridized carbons (Fsp3) is 0.317. The molecule has 7 aromatic rings. The van der Waals surface area contributed by atoms with Crippen LogP contribution in [0.2, 0.25) is 0 Å². The number of hydrogen-bond acceptors (Lipinski definition) is 12. The molecule has 0 radical (unpaired) electrons. The van der Waals surface area contributed by atoms with Crippen LogP contribution < -0.4 is 0 Å². The summed E-state index contributed by atoms with van der Waals surface area (Å²) in [7, 11) is 0. The van der Waals surface area contributed by atoms with Crippen molar-refractivity contribution in [3.63, 3.8) is 0 Å². The number of ether oxygens (including phenoxy) is 10. The van der Waals surface area contributed by atoms with Gasteiger partial charge in [-0.1, -0.05) is 217 Å². The number of carbonyl (C=O) groups is 1. The minimum Gasteiger partial charge on any atom is -0.457 e. The van der Waals surface area contributed by atoms with Gasteiger partial charge in [-0.2, -0.15) is 0 Å². The van der Waals surface area contributed by atoms with Crippen LogP contribution >= 0.6 is 0 Å². The number of carbonyl (C=O) groups excluding carboxylic acids is 1. The van der Waals surface area contributed by atoms with Crippen molar-refractivity contribution in [3.05, 3.63) is 262 Å². The third-order valence-electron chi connectivity index (χ3n) is 13.4. The lowest BCUT2D eigenvalue weighted by molar-refractivity contribution is -0.339. The Balaban J connectivity index is 1.15. The first-order valence-electron chi connectivity index (χ1n) is 26.1. The van der Waals surface area contributed by atoms with Gasteiger partial charge in [0.1, 0.15) is 54.9 Å². The molecule has 1 saturated carbocycles. The molecule has 11 atom stereocenters. The normalized spacial score (nSPS) is 24.1. The second-order valence-corrected chi connectivity index (χ2v) is 19.0. The molecular formula is C63H65N3O11. The quantitative estimate of drug-likeness (QED) is 0.0220. The number of nitrogens with zero attached hydrogens (tertiary/aromatic N) is 3. The van der Waals surface area contributed by atoms with Crippen LogP contribution in [-0.4, -0.2) is 79.8 Å². The summed E-state index contributed by atoms with van der Waals surface area (Å²) in [4.78, 5) is 17.1. The highest BCUT2D eigenvalue weighted by Gasteiger charge is 2.58. The van der Waals surface area contributed by atoms with Crippen LogP contribution in [0, 0.1) is 0 Å². The van der Waals surface area contributed by atoms with E-state index in [0.717, 1.165) is 38.9 Å². The predicted molar refractivity (Wildman–Crippen MR) is 288 cm³/mol. The fourth-order valence-electron chi connectivity index (χ4n) is 9.70. The van der Waals surface area contributed by atoms with Crippen LogP contribution in [0.1, 0.15) is 45.9 Å². The molecule has 9 rings (SSSR count). The monoisotopic (exact) mass is 1040 g/mol. The highest BCUT2D eigenvalue weighted by atomic mass is 16.7. The average molecular weight is 1040 g/mol. The first kappa shape index (κ1) is 54.7. The Kier molecular flexibility index (Phi) is 20.6. The second-order valence-electron chi connectivity index (χ2n) is 19.0. The van der Waals surface area contributed by atoms with Crippen molar-refractivity contribution >= 4 is 5.97 Å². The molecule has 7 aromatic carbocycles. The van der Waals surface area contributed by atoms with Gasteiger partial charge in [-0.25, -0.2) is 0 Å². The topological polar surface area (TPSA) is 158 Å². The van der Waals surface area contributed by atoms with Crippen molar-refractivity contribution in [2.45, 2.75) is 120 Å². The summed E-state index contributed by atoms with van der Waals surface area (Å²) in [6.45, 7) is 2.46. The van der Waals surface area contributed by atoms with Gasteiger partial charge in [0.25, 0.3) is 0 Å². The Morgan fingerprint density at radius 1 is 0.416 bits per heavy atom. The maximum absolute atomic E-state index is 13.7. The zero-order valence-corrected chi connectivity index (χ0v) is 43.0. The lowest BCUT2D eigenvalue weighted by Gasteiger charge is -2.51. The molecule has 1 saturated heterocycles. The summed E-state index contributed by atoms with van der Waals surface area (Å²) in [6, 6.07) is 67.1. The molecule has 398 valence electrons. The van der Waals surface area contributed by atoms with Gasteiger partial charge in [0.2, 0.25) is 0 Å². The molecule has 0 N–H and O–H groups in total. The Labute approximate surface area is 450 Å². The SMILES string of the molecule is CC(=O)O[C@@H]1[C@@H](OCc2ccccc2)[C@H](OCc2ccccc2)[C@H](OCc2ccccc2)[C@@H](OCc2ccccc2)[C@H]1O[C@@H]1O[C@H](COCc2ccccc2)[C@@H](OCc2ccccc2)[C@H](OCc2ccccc2)[C@H]1N=[N+]=[N-]. The highest BCUT2D eigenvalue weighted by molar-refractivity contribution is 5.66. The number of hydrogen-bond donors (Lipinski definition) is 0. The Morgan fingerprint density at radius 2 is 0.714 bits per heavy atom. The standard InChI is InChI=1S/C63H65N3O11/c1-45(67)75-61-59(73-42-51-33-19-7-20-34-51)57(71-40-49-29-15-5-16-30-49)58(72-41-50-31-17-6-18-32-50)60(74-43-52-35-21-8-22-36-52)62(61)77-63-54(65-66-64)56(70-39-48-27-13-4-14-28-48)55(69-38-47-25-11-3-12-26-47)53(76-63)44-68-37-46-23-9-2-10-24-46/h2-36,53-63H,37-44H2,1H3/t53-,54-,55-,56-,57-,58+,59+,60-,61-,62-,63+/m1/s1. The smallest absolute Gasteiger partial charge is 0.303 e. The van der Waals surface area contributed by atoms with Gasteiger partial charge < -0.3 is 47.4 Å². The number of benzene rings is 7. The third kappa shape index (κ3) is 15.8. The molecule has 0 bridgehead atoms. The first-order valence-corrected chi connectivity index (χ1v) is 26.1. The zero-order chi connectivity index (χ0) is 52.9. The van der Waals surface area contributed by atoms with Crippen molar-refractivity contribution < 1.29 is 52.2 Å². The van der Waals surface area contributed by atoms with E-state index in [9.17, 15) is 10.3 Å². The van der Waals surface area contributed by atoms with Crippen molar-refractivity contribution in [3.8, 4) is 0 Å². The van der Waals surface area contributed by atoms with Crippen LogP contribution in [0.3, 0.4) is 0 Å². The molecule has 0 spiro atoms. The molecular weight excluding hydrogens is 975 g/mol. The van der Waals surface area contributed by atoms with Crippen LogP contribution in [-0.2, 0) is 98.4 Å². The van der Waals surface area contributed by atoms with Crippen LogP contribution in [0.25, 0.3) is 10.4 Å². The largest absolute Gasteiger partial charge is 0.457 e. The number of azide groups is 1. The number of esters is 1. The van der Waals surface area contributed by atoms with Gasteiger partial charge in [0, 0.05) is 11.8 Å². The van der Waals surface area contributed by atoms with Crippen molar-refractivity contribution in [2.75, 3.05) is 6.61 Å². The van der Waals surface area contributed by atoms with Gasteiger partial charge in [0.05, 0.1) is 52.9 Å². The molecule has 1 aliphatic heterocycles. The lowest BCUT2D eigenvalue weighted by Crippen LogP contribution is -2.69. The molecule has 14 nitrogen and oxygen atoms in total. The van der Waals surface area contributed by atoms with Crippen molar-refractivity contribution in [1.82, 2.24) is 0 Å². The van der Waals surface area contributed by atoms with E-state index >= 15 is 0 Å². The van der Waals surface area contributed by atoms with E-state index in [-0.39, 0.29) is 52.9 Å². The molecule has 1 aliphatic carbocycles. The molecule has 0 amide bonds. The summed E-state index contributed by atoms with van der Waals surface area (Å²) >= 11 is 0. The lowest BCUT2D eigenvalue weighted by atomic mass is 9.83. The Bertz CT molecular complexity index is 2840. The van der Waals surface area contributed by atoms with E-state index in [2.05, 4.69) is 10.0 Å². The summed E-state index contributed by atoms with van der Waals surface area (Å²) in [5.74, 6) is -0.606. The van der Waals surface area contributed by atoms with Gasteiger partial charge >= 0.3 is 5.97 Å². The molecule has 0 unspecified atom stereocenters. The summed E-state index contributed by atoms with van der Waals surface area (Å²) in [6.07, 6.45) is -10.5. The summed E-state index contributed by atoms with van der Waals surface area (Å²) in [5, 5.41) is 4.41. The van der Waals surface area contributed by atoms with Crippen LogP contribution in [0.15, 0.2) is 217 Å². The first-order chi connectivity index (χ1) is 38.0. The minimum absolute atomic E-state index is 0.0232. The van der Waals surface area contributed by atoms with Crippen molar-refractivity contribution in [1.29, 1.82) is 0 Å². The highest BCUT2D eigenvalue weighted by Crippen LogP contribution is 2.39. The van der Waals surface area contributed by atoms with Gasteiger partial charge in [-0.05, 0) is 44.5 Å². The third-order valence-corrected chi connectivity index (χ3v) is 13.4. The van der Waals surface area contributed by atoms with Gasteiger partial charge in [-0.15, -0.1) is 0 Å². The molecule has 1 heterocycles. The van der Waals surface area contributed by atoms with Gasteiger partial charge in [0.15, 0.2) is 12.4 Å². The Morgan fingerprint density at radius 3 is 1.05 bits per heavy atom. The van der Waals surface area contributed by atoms with E-state index in [0.29, 0.717) is 0 Å². The molecule has 2 fully saturated rings. The summed E-state index contributed by atoms with van der Waals surface area (Å²) in [5.41, 5.74) is 16.8. The minimum atomic E-state index is -1.38. The predicted octanol–water partition coefficient (Wildman–Crippen LogP) is 11.4. The fourth-order valence-corrected chi connectivity index (χ4v) is 9.70. The van der Waals surface area contributed by atoms with E-state index < -0.39 is 73.2 Å². The number of rotatable bonds is 26. The summed E-state index contributed by atoms with van der Waals surface area (Å²) < 4.78 is 69.2. The maximum atomic E-state index is 13.7. The maximum Gasteiger partial charge on any atom is 0.303 e. The molecule has 14 heteroatoms. The Hall–Kier alpha value is -7.04. The van der Waals surface area contributed by atoms with E-state index in [1.165, 1.54) is 6.92 Å². The molecule has 77 heavy (non-hydrogen) atoms. The van der Waals surface area contributed by atoms with Crippen LogP contribution in [0.5, 0.6) is 0 Å². The molecule has 2 aliphatic rings. The zero-order valence-electron chi connectivity index (χ0n) is 43.0. The molecule has 0 aromatic heterocycles. The average Bonchev–Trinajstić information content (AvgIpc) is 3.48. The van der Waals surface area contributed by atoms with E-state index in [1.807, 2.05) is 212 Å².